The molecule has 1 aromatic carbocycles. The van der Waals surface area contributed by atoms with Gasteiger partial charge in [-0.25, -0.2) is 4.98 Å². The van der Waals surface area contributed by atoms with E-state index >= 15 is 0 Å². The molecule has 0 saturated carbocycles. The molecule has 0 unspecified atom stereocenters. The summed E-state index contributed by atoms with van der Waals surface area (Å²) in [5, 5.41) is 18.7. The molecule has 6 aromatic rings. The molecule has 11 heteroatoms. The highest BCUT2D eigenvalue weighted by Gasteiger charge is 1.93. The lowest BCUT2D eigenvalue weighted by Gasteiger charge is -2.10. The lowest BCUT2D eigenvalue weighted by molar-refractivity contribution is 0.109. The van der Waals surface area contributed by atoms with Crippen molar-refractivity contribution in [2.75, 3.05) is 26.3 Å². The minimum atomic E-state index is 0.889. The number of nitrogens with one attached hydrogen (secondary N) is 3. The van der Waals surface area contributed by atoms with E-state index in [1.54, 1.807) is 55.9 Å². The highest BCUT2D eigenvalue weighted by Crippen LogP contribution is 1.80. The molecule has 0 bridgehead atoms. The number of furan rings is 1. The minimum absolute atomic E-state index is 0.889. The highest BCUT2D eigenvalue weighted by atomic mass is 16.5. The first-order chi connectivity index (χ1) is 19.0. The Kier molecular flexibility index (Phi) is 23.3. The maximum Gasteiger partial charge on any atom is 0.180 e. The number of morpholine rings is 1. The van der Waals surface area contributed by atoms with Crippen LogP contribution in [0.4, 0.5) is 0 Å². The minimum Gasteiger partial charge on any atom is -0.473 e. The zero-order valence-corrected chi connectivity index (χ0v) is 21.1. The van der Waals surface area contributed by atoms with Crippen molar-refractivity contribution in [1.29, 1.82) is 0 Å². The van der Waals surface area contributed by atoms with E-state index < -0.39 is 0 Å². The molecule has 38 heavy (non-hydrogen) atoms. The van der Waals surface area contributed by atoms with E-state index in [9.17, 15) is 0 Å². The lowest BCUT2D eigenvalue weighted by atomic mass is 10.4. The second-order valence-corrected chi connectivity index (χ2v) is 6.43. The van der Waals surface area contributed by atoms with Crippen LogP contribution in [0.25, 0.3) is 0 Å². The molecule has 0 aliphatic carbocycles. The molecule has 1 aliphatic rings. The van der Waals surface area contributed by atoms with Gasteiger partial charge in [-0.1, -0.05) is 42.5 Å². The van der Waals surface area contributed by atoms with Gasteiger partial charge in [0.05, 0.1) is 44.3 Å². The second-order valence-electron chi connectivity index (χ2n) is 6.43. The van der Waals surface area contributed by atoms with Gasteiger partial charge in [0.25, 0.3) is 0 Å². The van der Waals surface area contributed by atoms with Gasteiger partial charge in [0.15, 0.2) is 6.39 Å². The summed E-state index contributed by atoms with van der Waals surface area (Å²) in [4.78, 5) is 7.34. The number of hydrogen-bond donors (Lipinski definition) is 3. The SMILES string of the molecule is C1COCCN1.c1ccccc1.c1ccncc1.c1ccoc1.c1cn[nH]c1.c1cn[nH]n1.c1cocn1. The molecule has 0 atom stereocenters. The summed E-state index contributed by atoms with van der Waals surface area (Å²) in [6.07, 6.45) is 17.8. The van der Waals surface area contributed by atoms with Crippen LogP contribution in [0.1, 0.15) is 0 Å². The molecule has 1 fully saturated rings. The number of pyridine rings is 1. The van der Waals surface area contributed by atoms with E-state index in [0.29, 0.717) is 0 Å². The smallest absolute Gasteiger partial charge is 0.180 e. The summed E-state index contributed by atoms with van der Waals surface area (Å²) < 4.78 is 14.1. The largest absolute Gasteiger partial charge is 0.473 e. The van der Waals surface area contributed by atoms with Crippen molar-refractivity contribution >= 4 is 0 Å². The number of rotatable bonds is 0. The Morgan fingerprint density at radius 2 is 1.13 bits per heavy atom. The summed E-state index contributed by atoms with van der Waals surface area (Å²) in [5.41, 5.74) is 0. The van der Waals surface area contributed by atoms with E-state index in [0.717, 1.165) is 26.3 Å². The molecule has 1 aliphatic heterocycles. The predicted octanol–water partition coefficient (Wildman–Crippen LogP) is 4.54. The van der Waals surface area contributed by atoms with Gasteiger partial charge in [0, 0.05) is 37.9 Å². The number of hydrogen-bond acceptors (Lipinski definition) is 9. The third kappa shape index (κ3) is 25.7. The first-order valence-electron chi connectivity index (χ1n) is 11.7. The summed E-state index contributed by atoms with van der Waals surface area (Å²) in [6, 6.07) is 23.2. The van der Waals surface area contributed by atoms with Gasteiger partial charge >= 0.3 is 0 Å². The number of H-pyrrole nitrogens is 2. The van der Waals surface area contributed by atoms with Crippen molar-refractivity contribution < 1.29 is 13.6 Å². The number of ether oxygens (including phenoxy) is 1. The van der Waals surface area contributed by atoms with Gasteiger partial charge in [-0.15, -0.1) is 0 Å². The van der Waals surface area contributed by atoms with Crippen molar-refractivity contribution in [1.82, 2.24) is 40.9 Å². The average Bonchev–Trinajstić information content (AvgIpc) is 3.88. The highest BCUT2D eigenvalue weighted by molar-refractivity contribution is 4.99. The fraction of sp³-hybridized carbons (Fsp3) is 0.148. The third-order valence-corrected chi connectivity index (χ3v) is 3.59. The molecule has 7 rings (SSSR count). The zero-order valence-electron chi connectivity index (χ0n) is 21.1. The van der Waals surface area contributed by atoms with E-state index in [1.165, 1.54) is 12.7 Å². The van der Waals surface area contributed by atoms with Crippen LogP contribution < -0.4 is 5.32 Å². The molecule has 0 amide bonds. The van der Waals surface area contributed by atoms with E-state index in [4.69, 9.17) is 4.74 Å². The van der Waals surface area contributed by atoms with Crippen molar-refractivity contribution in [2.24, 2.45) is 0 Å². The number of oxazole rings is 1. The summed E-state index contributed by atoms with van der Waals surface area (Å²) >= 11 is 0. The Morgan fingerprint density at radius 1 is 0.500 bits per heavy atom. The van der Waals surface area contributed by atoms with Gasteiger partial charge in [0.2, 0.25) is 0 Å². The van der Waals surface area contributed by atoms with Gasteiger partial charge in [-0.3, -0.25) is 10.1 Å². The van der Waals surface area contributed by atoms with Crippen molar-refractivity contribution in [3.63, 3.8) is 0 Å². The fourth-order valence-electron chi connectivity index (χ4n) is 2.00. The van der Waals surface area contributed by atoms with Crippen LogP contribution >= 0.6 is 0 Å². The topological polar surface area (TPSA) is 144 Å². The van der Waals surface area contributed by atoms with Gasteiger partial charge < -0.3 is 18.9 Å². The Bertz CT molecular complexity index is 788. The van der Waals surface area contributed by atoms with Gasteiger partial charge in [-0.05, 0) is 30.3 Å². The van der Waals surface area contributed by atoms with Crippen molar-refractivity contribution in [3.05, 3.63) is 141 Å². The molecule has 0 radical (unpaired) electrons. The number of benzene rings is 1. The molecular weight excluding hydrogens is 484 g/mol. The maximum absolute atomic E-state index is 5.01. The van der Waals surface area contributed by atoms with Gasteiger partial charge in [-0.2, -0.15) is 20.5 Å². The standard InChI is InChI=1S/C6H6.C5H5N.C4H9NO.C4H4O.C3H4N2.C3H3NO.C2H3N3/c2*1-2-4-6-5-3-1;1-3-6-4-2-5-1;2*1-2-4-5-3-1;1-2-5-3-4-1;1-2-4-5-3-1/h1-6H;1-5H;5H,1-4H2;1-4H;1-3H,(H,4,5);1-3H;1-2H,(H,3,4,5). The molecule has 200 valence electrons. The molecule has 6 heterocycles. The first-order valence-corrected chi connectivity index (χ1v) is 11.7. The number of nitrogens with zero attached hydrogens (tertiary/aromatic N) is 5. The Hall–Kier alpha value is -4.87. The van der Waals surface area contributed by atoms with Crippen LogP contribution in [-0.2, 0) is 4.74 Å². The Balaban J connectivity index is 0.000000222. The number of aromatic amines is 2. The molecule has 5 aromatic heterocycles. The number of aromatic nitrogens is 7. The monoisotopic (exact) mass is 518 g/mol. The lowest BCUT2D eigenvalue weighted by Crippen LogP contribution is -2.30. The summed E-state index contributed by atoms with van der Waals surface area (Å²) in [7, 11) is 0. The van der Waals surface area contributed by atoms with Crippen LogP contribution in [0.2, 0.25) is 0 Å². The molecule has 0 spiro atoms. The van der Waals surface area contributed by atoms with Crippen LogP contribution in [0.5, 0.6) is 0 Å². The van der Waals surface area contributed by atoms with Gasteiger partial charge in [0.1, 0.15) is 6.26 Å². The predicted molar refractivity (Wildman–Crippen MR) is 145 cm³/mol. The van der Waals surface area contributed by atoms with E-state index in [2.05, 4.69) is 49.7 Å². The average molecular weight is 519 g/mol. The van der Waals surface area contributed by atoms with Crippen LogP contribution in [-0.4, -0.2) is 61.9 Å². The molecular formula is C27H34N8O3. The van der Waals surface area contributed by atoms with Crippen LogP contribution in [0.3, 0.4) is 0 Å². The van der Waals surface area contributed by atoms with Crippen LogP contribution in [0, 0.1) is 0 Å². The Labute approximate surface area is 222 Å². The first kappa shape index (κ1) is 31.2. The normalized spacial score (nSPS) is 10.5. The van der Waals surface area contributed by atoms with Crippen molar-refractivity contribution in [2.45, 2.75) is 0 Å². The van der Waals surface area contributed by atoms with E-state index in [-0.39, 0.29) is 0 Å². The van der Waals surface area contributed by atoms with Crippen molar-refractivity contribution in [3.8, 4) is 0 Å². The quantitative estimate of drug-likeness (QED) is 0.264. The fourth-order valence-corrected chi connectivity index (χ4v) is 2.00. The zero-order chi connectivity index (χ0) is 26.9. The third-order valence-electron chi connectivity index (χ3n) is 3.59. The maximum atomic E-state index is 5.01. The molecule has 11 nitrogen and oxygen atoms in total. The molecule has 1 saturated heterocycles. The molecule has 3 N–H and O–H groups in total. The summed E-state index contributed by atoms with van der Waals surface area (Å²) in [5.74, 6) is 0. The summed E-state index contributed by atoms with van der Waals surface area (Å²) in [6.45, 7) is 3.83. The Morgan fingerprint density at radius 3 is 1.32 bits per heavy atom. The van der Waals surface area contributed by atoms with Crippen LogP contribution in [0.15, 0.2) is 150 Å². The van der Waals surface area contributed by atoms with E-state index in [1.807, 2.05) is 72.8 Å². The second kappa shape index (κ2) is 28.4.